The van der Waals surface area contributed by atoms with Gasteiger partial charge in [-0.05, 0) is 13.8 Å². The zero-order valence-corrected chi connectivity index (χ0v) is 11.7. The van der Waals surface area contributed by atoms with Gasteiger partial charge < -0.3 is 20.7 Å². The standard InChI is InChI=1S/C11H18N6O3/c1-6-4-16(5-7(2)20-6)11-14-9(12)8(17(18)19)10(13-3)15-11/h6-7H,4-5H2,1-3H3,(H3,12,13,14,15)/t6-,7+. The van der Waals surface area contributed by atoms with Crippen molar-refractivity contribution >= 4 is 23.3 Å². The lowest BCUT2D eigenvalue weighted by Crippen LogP contribution is -2.46. The predicted octanol–water partition coefficient (Wildman–Crippen LogP) is 0.622. The normalized spacial score (nSPS) is 22.6. The minimum absolute atomic E-state index is 0.0387. The van der Waals surface area contributed by atoms with Gasteiger partial charge >= 0.3 is 5.69 Å². The van der Waals surface area contributed by atoms with Gasteiger partial charge in [-0.3, -0.25) is 10.1 Å². The van der Waals surface area contributed by atoms with E-state index in [2.05, 4.69) is 15.3 Å². The van der Waals surface area contributed by atoms with Crippen LogP contribution in [0.1, 0.15) is 13.8 Å². The number of nitrogens with one attached hydrogen (secondary N) is 1. The van der Waals surface area contributed by atoms with Gasteiger partial charge in [-0.2, -0.15) is 9.97 Å². The van der Waals surface area contributed by atoms with Gasteiger partial charge in [0.25, 0.3) is 0 Å². The zero-order chi connectivity index (χ0) is 14.9. The fourth-order valence-electron chi connectivity index (χ4n) is 2.30. The van der Waals surface area contributed by atoms with Crippen LogP contribution in [0.15, 0.2) is 0 Å². The Balaban J connectivity index is 2.38. The molecule has 2 rings (SSSR count). The van der Waals surface area contributed by atoms with E-state index in [1.807, 2.05) is 18.7 Å². The summed E-state index contributed by atoms with van der Waals surface area (Å²) in [6.07, 6.45) is 0.0774. The number of ether oxygens (including phenoxy) is 1. The first kappa shape index (κ1) is 14.3. The Labute approximate surface area is 116 Å². The van der Waals surface area contributed by atoms with Crippen molar-refractivity contribution in [2.75, 3.05) is 36.1 Å². The minimum Gasteiger partial charge on any atom is -0.378 e. The maximum absolute atomic E-state index is 11.0. The number of nitrogen functional groups attached to an aromatic ring is 1. The molecule has 1 aromatic rings. The van der Waals surface area contributed by atoms with Gasteiger partial charge in [0.1, 0.15) is 0 Å². The van der Waals surface area contributed by atoms with Crippen LogP contribution in [-0.4, -0.2) is 47.2 Å². The van der Waals surface area contributed by atoms with E-state index in [4.69, 9.17) is 10.5 Å². The summed E-state index contributed by atoms with van der Waals surface area (Å²) in [6.45, 7) is 5.14. The molecule has 1 aliphatic heterocycles. The van der Waals surface area contributed by atoms with E-state index < -0.39 is 4.92 Å². The third-order valence-electron chi connectivity index (χ3n) is 3.02. The first-order valence-corrected chi connectivity index (χ1v) is 6.32. The molecule has 0 unspecified atom stereocenters. The number of nitrogens with zero attached hydrogens (tertiary/aromatic N) is 4. The van der Waals surface area contributed by atoms with Crippen LogP contribution in [0.4, 0.5) is 23.3 Å². The summed E-state index contributed by atoms with van der Waals surface area (Å²) < 4.78 is 5.63. The second-order valence-corrected chi connectivity index (χ2v) is 4.78. The van der Waals surface area contributed by atoms with Crippen LogP contribution in [0.5, 0.6) is 0 Å². The highest BCUT2D eigenvalue weighted by molar-refractivity contribution is 5.69. The van der Waals surface area contributed by atoms with Crippen molar-refractivity contribution in [2.24, 2.45) is 0 Å². The number of rotatable bonds is 3. The summed E-state index contributed by atoms with van der Waals surface area (Å²) in [4.78, 5) is 20.5. The van der Waals surface area contributed by atoms with E-state index in [-0.39, 0.29) is 29.5 Å². The van der Waals surface area contributed by atoms with Crippen molar-refractivity contribution in [2.45, 2.75) is 26.1 Å². The van der Waals surface area contributed by atoms with Crippen LogP contribution < -0.4 is 16.0 Å². The predicted molar refractivity (Wildman–Crippen MR) is 74.9 cm³/mol. The molecule has 0 saturated carbocycles. The molecule has 0 radical (unpaired) electrons. The second kappa shape index (κ2) is 5.45. The Morgan fingerprint density at radius 2 is 2.00 bits per heavy atom. The fourth-order valence-corrected chi connectivity index (χ4v) is 2.30. The molecule has 0 spiro atoms. The molecule has 110 valence electrons. The molecular formula is C11H18N6O3. The highest BCUT2D eigenvalue weighted by atomic mass is 16.6. The molecule has 20 heavy (non-hydrogen) atoms. The monoisotopic (exact) mass is 282 g/mol. The number of hydrogen-bond donors (Lipinski definition) is 2. The van der Waals surface area contributed by atoms with Crippen LogP contribution >= 0.6 is 0 Å². The average Bonchev–Trinajstić information content (AvgIpc) is 2.35. The Morgan fingerprint density at radius 1 is 1.40 bits per heavy atom. The van der Waals surface area contributed by atoms with Crippen LogP contribution in [-0.2, 0) is 4.74 Å². The summed E-state index contributed by atoms with van der Waals surface area (Å²) in [6, 6.07) is 0. The van der Waals surface area contributed by atoms with Gasteiger partial charge in [0.05, 0.1) is 17.1 Å². The summed E-state index contributed by atoms with van der Waals surface area (Å²) in [5.41, 5.74) is 5.38. The topological polar surface area (TPSA) is 119 Å². The van der Waals surface area contributed by atoms with Crippen LogP contribution in [0, 0.1) is 10.1 Å². The quantitative estimate of drug-likeness (QED) is 0.611. The van der Waals surface area contributed by atoms with E-state index >= 15 is 0 Å². The number of aromatic nitrogens is 2. The van der Waals surface area contributed by atoms with E-state index in [1.165, 1.54) is 0 Å². The first-order valence-electron chi connectivity index (χ1n) is 6.32. The average molecular weight is 282 g/mol. The highest BCUT2D eigenvalue weighted by Gasteiger charge is 2.28. The number of nitro groups is 1. The number of morpholine rings is 1. The van der Waals surface area contributed by atoms with E-state index in [9.17, 15) is 10.1 Å². The molecule has 2 heterocycles. The van der Waals surface area contributed by atoms with Gasteiger partial charge in [0.15, 0.2) is 0 Å². The second-order valence-electron chi connectivity index (χ2n) is 4.78. The molecule has 1 fully saturated rings. The summed E-state index contributed by atoms with van der Waals surface area (Å²) in [5.74, 6) is 0.347. The third kappa shape index (κ3) is 2.72. The van der Waals surface area contributed by atoms with Crippen molar-refractivity contribution < 1.29 is 9.66 Å². The number of nitrogens with two attached hydrogens (primary N) is 1. The van der Waals surface area contributed by atoms with Gasteiger partial charge in [-0.15, -0.1) is 0 Å². The van der Waals surface area contributed by atoms with Crippen molar-refractivity contribution in [3.05, 3.63) is 10.1 Å². The van der Waals surface area contributed by atoms with Crippen molar-refractivity contribution in [3.8, 4) is 0 Å². The molecule has 9 heteroatoms. The lowest BCUT2D eigenvalue weighted by molar-refractivity contribution is -0.383. The van der Waals surface area contributed by atoms with Gasteiger partial charge in [0, 0.05) is 20.1 Å². The largest absolute Gasteiger partial charge is 0.378 e. The van der Waals surface area contributed by atoms with E-state index in [0.717, 1.165) is 0 Å². The maximum Gasteiger partial charge on any atom is 0.353 e. The molecule has 1 aromatic heterocycles. The third-order valence-corrected chi connectivity index (χ3v) is 3.02. The molecule has 2 atom stereocenters. The first-order chi connectivity index (χ1) is 9.42. The molecule has 0 amide bonds. The highest BCUT2D eigenvalue weighted by Crippen LogP contribution is 2.30. The fraction of sp³-hybridized carbons (Fsp3) is 0.636. The summed E-state index contributed by atoms with van der Waals surface area (Å²) in [7, 11) is 1.56. The summed E-state index contributed by atoms with van der Waals surface area (Å²) in [5, 5.41) is 13.7. The molecule has 3 N–H and O–H groups in total. The smallest absolute Gasteiger partial charge is 0.353 e. The van der Waals surface area contributed by atoms with Gasteiger partial charge in [-0.25, -0.2) is 0 Å². The van der Waals surface area contributed by atoms with Crippen LogP contribution in [0.3, 0.4) is 0 Å². The number of anilines is 3. The molecule has 0 aliphatic carbocycles. The van der Waals surface area contributed by atoms with Gasteiger partial charge in [-0.1, -0.05) is 0 Å². The van der Waals surface area contributed by atoms with Crippen LogP contribution in [0.2, 0.25) is 0 Å². The molecule has 0 aromatic carbocycles. The Morgan fingerprint density at radius 3 is 2.50 bits per heavy atom. The van der Waals surface area contributed by atoms with Crippen molar-refractivity contribution in [1.82, 2.24) is 9.97 Å². The van der Waals surface area contributed by atoms with Crippen molar-refractivity contribution in [3.63, 3.8) is 0 Å². The van der Waals surface area contributed by atoms with E-state index in [0.29, 0.717) is 19.0 Å². The number of hydrogen-bond acceptors (Lipinski definition) is 8. The van der Waals surface area contributed by atoms with Crippen LogP contribution in [0.25, 0.3) is 0 Å². The van der Waals surface area contributed by atoms with Gasteiger partial charge in [0.2, 0.25) is 17.6 Å². The Kier molecular flexibility index (Phi) is 3.89. The summed E-state index contributed by atoms with van der Waals surface area (Å²) >= 11 is 0. The zero-order valence-electron chi connectivity index (χ0n) is 11.7. The molecular weight excluding hydrogens is 264 g/mol. The Bertz CT molecular complexity index is 513. The minimum atomic E-state index is -0.588. The maximum atomic E-state index is 11.0. The SMILES string of the molecule is CNc1nc(N2C[C@@H](C)O[C@@H](C)C2)nc(N)c1[N+](=O)[O-]. The molecule has 9 nitrogen and oxygen atoms in total. The lowest BCUT2D eigenvalue weighted by Gasteiger charge is -2.35. The van der Waals surface area contributed by atoms with E-state index in [1.54, 1.807) is 7.05 Å². The lowest BCUT2D eigenvalue weighted by atomic mass is 10.2. The van der Waals surface area contributed by atoms with Crippen molar-refractivity contribution in [1.29, 1.82) is 0 Å². The molecule has 1 aliphatic rings. The molecule has 0 bridgehead atoms. The Hall–Kier alpha value is -2.16. The molecule has 1 saturated heterocycles.